The molecule has 3 heteroatoms. The van der Waals surface area contributed by atoms with Gasteiger partial charge in [0.15, 0.2) is 0 Å². The Hall–Kier alpha value is -0.510. The van der Waals surface area contributed by atoms with E-state index in [4.69, 9.17) is 0 Å². The van der Waals surface area contributed by atoms with Crippen molar-refractivity contribution in [2.24, 2.45) is 0 Å². The molecule has 0 spiro atoms. The molecule has 1 aromatic rings. The second-order valence-electron chi connectivity index (χ2n) is 3.92. The van der Waals surface area contributed by atoms with Crippen LogP contribution in [0.5, 0.6) is 0 Å². The number of thioether (sulfide) groups is 1. The maximum Gasteiger partial charge on any atom is 0.103 e. The molecule has 2 rings (SSSR count). The molecule has 2 N–H and O–H groups in total. The second-order valence-corrected chi connectivity index (χ2v) is 5.25. The van der Waals surface area contributed by atoms with E-state index in [1.165, 1.54) is 4.90 Å². The van der Waals surface area contributed by atoms with Crippen LogP contribution in [0.2, 0.25) is 0 Å². The monoisotopic (exact) mass is 223 g/mol. The normalized spacial score (nSPS) is 25.7. The number of hydrogen-bond acceptors (Lipinski definition) is 3. The van der Waals surface area contributed by atoms with Crippen LogP contribution in [0.25, 0.3) is 0 Å². The molecule has 1 aliphatic heterocycles. The molecule has 1 unspecified atom stereocenters. The van der Waals surface area contributed by atoms with Gasteiger partial charge in [0.25, 0.3) is 0 Å². The highest BCUT2D eigenvalue weighted by atomic mass is 32.2. The van der Waals surface area contributed by atoms with Gasteiger partial charge in [-0.3, -0.25) is 0 Å². The maximum absolute atomic E-state index is 10.3. The van der Waals surface area contributed by atoms with E-state index in [0.717, 1.165) is 24.3 Å². The van der Waals surface area contributed by atoms with Gasteiger partial charge < -0.3 is 10.4 Å². The number of hydrogen-bond donors (Lipinski definition) is 2. The first kappa shape index (κ1) is 11.0. The van der Waals surface area contributed by atoms with E-state index in [0.29, 0.717) is 6.54 Å². The van der Waals surface area contributed by atoms with Gasteiger partial charge >= 0.3 is 0 Å². The van der Waals surface area contributed by atoms with Gasteiger partial charge in [-0.1, -0.05) is 19.1 Å². The van der Waals surface area contributed by atoms with Crippen molar-refractivity contribution in [3.8, 4) is 0 Å². The molecule has 0 bridgehead atoms. The van der Waals surface area contributed by atoms with Crippen LogP contribution in [0.15, 0.2) is 29.2 Å². The molecule has 1 aliphatic rings. The predicted octanol–water partition coefficient (Wildman–Crippen LogP) is 1.98. The third kappa shape index (κ3) is 2.36. The molecule has 0 radical (unpaired) electrons. The van der Waals surface area contributed by atoms with Gasteiger partial charge in [-0.25, -0.2) is 0 Å². The van der Waals surface area contributed by atoms with Gasteiger partial charge in [0.05, 0.1) is 0 Å². The second kappa shape index (κ2) is 4.56. The predicted molar refractivity (Wildman–Crippen MR) is 64.2 cm³/mol. The highest BCUT2D eigenvalue weighted by Crippen LogP contribution is 2.29. The van der Waals surface area contributed by atoms with Crippen molar-refractivity contribution in [3.63, 3.8) is 0 Å². The Bertz CT molecular complexity index is 317. The van der Waals surface area contributed by atoms with E-state index >= 15 is 0 Å². The fraction of sp³-hybridized carbons (Fsp3) is 0.500. The minimum absolute atomic E-state index is 0.643. The van der Waals surface area contributed by atoms with Crippen LogP contribution >= 0.6 is 11.8 Å². The van der Waals surface area contributed by atoms with Crippen LogP contribution < -0.4 is 5.32 Å². The van der Waals surface area contributed by atoms with E-state index < -0.39 is 5.60 Å². The number of benzene rings is 1. The van der Waals surface area contributed by atoms with E-state index in [1.807, 2.05) is 23.9 Å². The minimum Gasteiger partial charge on any atom is -0.384 e. The molecule has 15 heavy (non-hydrogen) atoms. The Morgan fingerprint density at radius 3 is 2.67 bits per heavy atom. The molecule has 1 fully saturated rings. The summed E-state index contributed by atoms with van der Waals surface area (Å²) in [6, 6.07) is 8.29. The fourth-order valence-corrected chi connectivity index (χ4v) is 2.62. The maximum atomic E-state index is 10.3. The first-order chi connectivity index (χ1) is 7.24. The first-order valence-electron chi connectivity index (χ1n) is 5.41. The molecule has 0 amide bonds. The van der Waals surface area contributed by atoms with Crippen molar-refractivity contribution in [3.05, 3.63) is 29.8 Å². The van der Waals surface area contributed by atoms with Crippen molar-refractivity contribution in [2.45, 2.75) is 23.8 Å². The van der Waals surface area contributed by atoms with Gasteiger partial charge in [0.1, 0.15) is 5.60 Å². The van der Waals surface area contributed by atoms with Gasteiger partial charge in [0, 0.05) is 11.4 Å². The number of β-amino-alcohol motifs (C(OH)–C–C–N with tert-alkyl or cyclic N) is 1. The highest BCUT2D eigenvalue weighted by Gasteiger charge is 2.32. The lowest BCUT2D eigenvalue weighted by atomic mass is 9.93. The summed E-state index contributed by atoms with van der Waals surface area (Å²) in [7, 11) is 0. The van der Waals surface area contributed by atoms with Crippen molar-refractivity contribution in [2.75, 3.05) is 18.8 Å². The van der Waals surface area contributed by atoms with E-state index in [1.54, 1.807) is 0 Å². The van der Waals surface area contributed by atoms with Crippen LogP contribution in [-0.4, -0.2) is 23.9 Å². The zero-order chi connectivity index (χ0) is 10.7. The zero-order valence-electron chi connectivity index (χ0n) is 8.99. The third-order valence-corrected chi connectivity index (χ3v) is 3.73. The topological polar surface area (TPSA) is 32.3 Å². The van der Waals surface area contributed by atoms with Crippen LogP contribution in [0.1, 0.15) is 18.9 Å². The fourth-order valence-electron chi connectivity index (χ4n) is 1.95. The molecule has 0 saturated carbocycles. The smallest absolute Gasteiger partial charge is 0.103 e. The summed E-state index contributed by atoms with van der Waals surface area (Å²) < 4.78 is 0. The van der Waals surface area contributed by atoms with Crippen molar-refractivity contribution in [1.29, 1.82) is 0 Å². The van der Waals surface area contributed by atoms with Crippen LogP contribution in [0, 0.1) is 0 Å². The summed E-state index contributed by atoms with van der Waals surface area (Å²) in [6.07, 6.45) is 0.813. The molecule has 0 aliphatic carbocycles. The molecule has 1 aromatic carbocycles. The Kier molecular flexibility index (Phi) is 3.34. The largest absolute Gasteiger partial charge is 0.384 e. The lowest BCUT2D eigenvalue weighted by Gasteiger charge is -2.21. The van der Waals surface area contributed by atoms with E-state index in [2.05, 4.69) is 24.4 Å². The summed E-state index contributed by atoms with van der Waals surface area (Å²) in [4.78, 5) is 1.27. The molecule has 1 heterocycles. The van der Waals surface area contributed by atoms with Crippen molar-refractivity contribution < 1.29 is 5.11 Å². The molecular formula is C12H17NOS. The molecule has 82 valence electrons. The summed E-state index contributed by atoms with van der Waals surface area (Å²) >= 11 is 1.83. The third-order valence-electron chi connectivity index (χ3n) is 2.84. The van der Waals surface area contributed by atoms with Crippen molar-refractivity contribution >= 4 is 11.8 Å². The van der Waals surface area contributed by atoms with E-state index in [-0.39, 0.29) is 0 Å². The molecule has 1 atom stereocenters. The Balaban J connectivity index is 2.15. The Labute approximate surface area is 95.1 Å². The van der Waals surface area contributed by atoms with Gasteiger partial charge in [0.2, 0.25) is 0 Å². The highest BCUT2D eigenvalue weighted by molar-refractivity contribution is 7.99. The number of rotatable bonds is 3. The molecule has 1 saturated heterocycles. The lowest BCUT2D eigenvalue weighted by molar-refractivity contribution is 0.0587. The molecule has 0 aromatic heterocycles. The van der Waals surface area contributed by atoms with Gasteiger partial charge in [-0.15, -0.1) is 11.8 Å². The van der Waals surface area contributed by atoms with Crippen LogP contribution in [0.4, 0.5) is 0 Å². The summed E-state index contributed by atoms with van der Waals surface area (Å²) in [5.74, 6) is 1.09. The molecular weight excluding hydrogens is 206 g/mol. The number of nitrogens with one attached hydrogen (secondary N) is 1. The zero-order valence-corrected chi connectivity index (χ0v) is 9.81. The number of aliphatic hydroxyl groups is 1. The summed E-state index contributed by atoms with van der Waals surface area (Å²) in [5.41, 5.74) is 0.392. The Morgan fingerprint density at radius 1 is 1.40 bits per heavy atom. The van der Waals surface area contributed by atoms with Crippen molar-refractivity contribution in [1.82, 2.24) is 5.32 Å². The quantitative estimate of drug-likeness (QED) is 0.769. The lowest BCUT2D eigenvalue weighted by Crippen LogP contribution is -2.28. The van der Waals surface area contributed by atoms with Gasteiger partial charge in [-0.05, 0) is 36.4 Å². The van der Waals surface area contributed by atoms with Crippen LogP contribution in [-0.2, 0) is 5.60 Å². The summed E-state index contributed by atoms with van der Waals surface area (Å²) in [6.45, 7) is 3.72. The standard InChI is InChI=1S/C12H17NOS/c1-2-15-11-5-3-10(4-6-11)12(14)7-8-13-9-12/h3-6,13-14H,2,7-9H2,1H3. The van der Waals surface area contributed by atoms with E-state index in [9.17, 15) is 5.11 Å². The SMILES string of the molecule is CCSc1ccc(C2(O)CCNC2)cc1. The average molecular weight is 223 g/mol. The van der Waals surface area contributed by atoms with Crippen LogP contribution in [0.3, 0.4) is 0 Å². The summed E-state index contributed by atoms with van der Waals surface area (Å²) in [5, 5.41) is 13.5. The van der Waals surface area contributed by atoms with Gasteiger partial charge in [-0.2, -0.15) is 0 Å². The Morgan fingerprint density at radius 2 is 2.13 bits per heavy atom. The molecule has 2 nitrogen and oxygen atoms in total. The average Bonchev–Trinajstić information content (AvgIpc) is 2.68. The first-order valence-corrected chi connectivity index (χ1v) is 6.39. The minimum atomic E-state index is -0.643.